The SMILES string of the molecule is COCCN(C)CCCNC(=O)C(N)C1CCOCC1.Cl.Cl. The minimum Gasteiger partial charge on any atom is -0.383 e. The number of hydrogen-bond acceptors (Lipinski definition) is 5. The fraction of sp³-hybridized carbons (Fsp3) is 0.929. The number of hydrogen-bond donors (Lipinski definition) is 2. The van der Waals surface area contributed by atoms with Gasteiger partial charge in [0.2, 0.25) is 5.91 Å². The predicted octanol–water partition coefficient (Wildman–Crippen LogP) is 0.668. The van der Waals surface area contributed by atoms with Crippen LogP contribution in [0.4, 0.5) is 0 Å². The van der Waals surface area contributed by atoms with E-state index in [-0.39, 0.29) is 36.6 Å². The molecule has 0 radical (unpaired) electrons. The van der Waals surface area contributed by atoms with Crippen LogP contribution in [-0.4, -0.2) is 70.5 Å². The molecular formula is C14H31Cl2N3O3. The van der Waals surface area contributed by atoms with Crippen molar-refractivity contribution in [1.82, 2.24) is 10.2 Å². The smallest absolute Gasteiger partial charge is 0.237 e. The summed E-state index contributed by atoms with van der Waals surface area (Å²) < 4.78 is 10.3. The van der Waals surface area contributed by atoms with Crippen molar-refractivity contribution in [3.05, 3.63) is 0 Å². The van der Waals surface area contributed by atoms with Crippen molar-refractivity contribution in [2.75, 3.05) is 53.6 Å². The molecule has 1 rings (SSSR count). The minimum atomic E-state index is -0.398. The summed E-state index contributed by atoms with van der Waals surface area (Å²) in [4.78, 5) is 14.1. The Bertz CT molecular complexity index is 280. The van der Waals surface area contributed by atoms with Crippen LogP contribution in [-0.2, 0) is 14.3 Å². The van der Waals surface area contributed by atoms with Gasteiger partial charge < -0.3 is 25.4 Å². The number of likely N-dealkylation sites (N-methyl/N-ethyl adjacent to an activating group) is 1. The summed E-state index contributed by atoms with van der Waals surface area (Å²) in [6.07, 6.45) is 2.69. The van der Waals surface area contributed by atoms with E-state index in [1.54, 1.807) is 7.11 Å². The molecule has 0 aromatic carbocycles. The zero-order valence-corrected chi connectivity index (χ0v) is 15.2. The van der Waals surface area contributed by atoms with E-state index < -0.39 is 6.04 Å². The van der Waals surface area contributed by atoms with Crippen molar-refractivity contribution in [3.63, 3.8) is 0 Å². The highest BCUT2D eigenvalue weighted by Gasteiger charge is 2.26. The maximum Gasteiger partial charge on any atom is 0.237 e. The zero-order chi connectivity index (χ0) is 14.8. The molecule has 0 aliphatic carbocycles. The van der Waals surface area contributed by atoms with Gasteiger partial charge in [0.25, 0.3) is 0 Å². The van der Waals surface area contributed by atoms with E-state index in [9.17, 15) is 4.79 Å². The molecule has 3 N–H and O–H groups in total. The normalized spacial score (nSPS) is 16.5. The second kappa shape index (κ2) is 14.5. The van der Waals surface area contributed by atoms with Crippen molar-refractivity contribution >= 4 is 30.7 Å². The van der Waals surface area contributed by atoms with E-state index in [2.05, 4.69) is 17.3 Å². The number of carbonyl (C=O) groups excluding carboxylic acids is 1. The predicted molar refractivity (Wildman–Crippen MR) is 93.0 cm³/mol. The average molecular weight is 360 g/mol. The molecule has 0 aromatic rings. The highest BCUT2D eigenvalue weighted by atomic mass is 35.5. The standard InChI is InChI=1S/C14H29N3O3.2ClH/c1-17(8-11-19-2)7-3-6-16-14(18)13(15)12-4-9-20-10-5-12;;/h12-13H,3-11,15H2,1-2H3,(H,16,18);2*1H. The molecule has 1 aliphatic rings. The van der Waals surface area contributed by atoms with Crippen LogP contribution < -0.4 is 11.1 Å². The van der Waals surface area contributed by atoms with Gasteiger partial charge in [0.15, 0.2) is 0 Å². The van der Waals surface area contributed by atoms with Crippen LogP contribution in [0, 0.1) is 5.92 Å². The fourth-order valence-electron chi connectivity index (χ4n) is 2.33. The number of nitrogens with zero attached hydrogens (tertiary/aromatic N) is 1. The molecule has 22 heavy (non-hydrogen) atoms. The quantitative estimate of drug-likeness (QED) is 0.591. The molecule has 0 bridgehead atoms. The maximum atomic E-state index is 11.9. The van der Waals surface area contributed by atoms with E-state index in [1.165, 1.54) is 0 Å². The summed E-state index contributed by atoms with van der Waals surface area (Å²) in [5.74, 6) is 0.226. The maximum absolute atomic E-state index is 11.9. The lowest BCUT2D eigenvalue weighted by molar-refractivity contribution is -0.124. The van der Waals surface area contributed by atoms with Crippen LogP contribution >= 0.6 is 24.8 Å². The second-order valence-corrected chi connectivity index (χ2v) is 5.42. The molecule has 6 nitrogen and oxygen atoms in total. The Morgan fingerprint density at radius 2 is 2.00 bits per heavy atom. The number of nitrogens with two attached hydrogens (primary N) is 1. The van der Waals surface area contributed by atoms with Gasteiger partial charge >= 0.3 is 0 Å². The van der Waals surface area contributed by atoms with Crippen molar-refractivity contribution in [2.45, 2.75) is 25.3 Å². The first-order chi connectivity index (χ1) is 9.65. The molecule has 1 amide bonds. The fourth-order valence-corrected chi connectivity index (χ4v) is 2.33. The molecule has 134 valence electrons. The first-order valence-electron chi connectivity index (χ1n) is 7.43. The Hall–Kier alpha value is -0.110. The van der Waals surface area contributed by atoms with Crippen LogP contribution in [0.5, 0.6) is 0 Å². The van der Waals surface area contributed by atoms with E-state index in [0.29, 0.717) is 6.54 Å². The molecule has 0 aromatic heterocycles. The summed E-state index contributed by atoms with van der Waals surface area (Å²) in [6.45, 7) is 4.69. The van der Waals surface area contributed by atoms with Gasteiger partial charge in [-0.25, -0.2) is 0 Å². The molecule has 1 aliphatic heterocycles. The third-order valence-corrected chi connectivity index (χ3v) is 3.77. The van der Waals surface area contributed by atoms with Gasteiger partial charge in [0, 0.05) is 33.4 Å². The monoisotopic (exact) mass is 359 g/mol. The third kappa shape index (κ3) is 9.82. The minimum absolute atomic E-state index is 0. The summed E-state index contributed by atoms with van der Waals surface area (Å²) in [5.41, 5.74) is 6.01. The number of amides is 1. The van der Waals surface area contributed by atoms with E-state index >= 15 is 0 Å². The Morgan fingerprint density at radius 3 is 2.59 bits per heavy atom. The first kappa shape index (κ1) is 24.1. The summed E-state index contributed by atoms with van der Waals surface area (Å²) in [6, 6.07) is -0.398. The molecule has 0 saturated carbocycles. The molecule has 1 atom stereocenters. The molecule has 1 fully saturated rings. The highest BCUT2D eigenvalue weighted by molar-refractivity contribution is 5.85. The average Bonchev–Trinajstić information content (AvgIpc) is 2.49. The van der Waals surface area contributed by atoms with Gasteiger partial charge in [0.05, 0.1) is 12.6 Å². The van der Waals surface area contributed by atoms with Crippen molar-refractivity contribution in [2.24, 2.45) is 11.7 Å². The molecule has 1 saturated heterocycles. The lowest BCUT2D eigenvalue weighted by Crippen LogP contribution is -2.47. The van der Waals surface area contributed by atoms with Crippen LogP contribution in [0.3, 0.4) is 0 Å². The number of nitrogens with one attached hydrogen (secondary N) is 1. The number of methoxy groups -OCH3 is 1. The lowest BCUT2D eigenvalue weighted by atomic mass is 9.92. The van der Waals surface area contributed by atoms with Gasteiger partial charge in [0.1, 0.15) is 0 Å². The van der Waals surface area contributed by atoms with Crippen molar-refractivity contribution in [1.29, 1.82) is 0 Å². The number of rotatable bonds is 9. The van der Waals surface area contributed by atoms with Crippen LogP contribution in [0.2, 0.25) is 0 Å². The summed E-state index contributed by atoms with van der Waals surface area (Å²) in [7, 11) is 3.75. The Balaban J connectivity index is 0. The summed E-state index contributed by atoms with van der Waals surface area (Å²) in [5, 5.41) is 2.93. The van der Waals surface area contributed by atoms with Crippen LogP contribution in [0.1, 0.15) is 19.3 Å². The molecule has 1 heterocycles. The van der Waals surface area contributed by atoms with E-state index in [4.69, 9.17) is 15.2 Å². The van der Waals surface area contributed by atoms with Crippen LogP contribution in [0.15, 0.2) is 0 Å². The van der Waals surface area contributed by atoms with Crippen LogP contribution in [0.25, 0.3) is 0 Å². The van der Waals surface area contributed by atoms with Crippen molar-refractivity contribution in [3.8, 4) is 0 Å². The van der Waals surface area contributed by atoms with E-state index in [1.807, 2.05) is 0 Å². The summed E-state index contributed by atoms with van der Waals surface area (Å²) >= 11 is 0. The second-order valence-electron chi connectivity index (χ2n) is 5.42. The largest absolute Gasteiger partial charge is 0.383 e. The number of halogens is 2. The molecular weight excluding hydrogens is 329 g/mol. The Kier molecular flexibility index (Phi) is 15.9. The molecule has 0 spiro atoms. The molecule has 1 unspecified atom stereocenters. The third-order valence-electron chi connectivity index (χ3n) is 3.77. The van der Waals surface area contributed by atoms with E-state index in [0.717, 1.165) is 52.2 Å². The lowest BCUT2D eigenvalue weighted by Gasteiger charge is -2.26. The molecule has 8 heteroatoms. The van der Waals surface area contributed by atoms with Gasteiger partial charge in [-0.15, -0.1) is 24.8 Å². The number of carbonyl (C=O) groups is 1. The van der Waals surface area contributed by atoms with Gasteiger partial charge in [-0.05, 0) is 38.8 Å². The van der Waals surface area contributed by atoms with Gasteiger partial charge in [-0.3, -0.25) is 4.79 Å². The van der Waals surface area contributed by atoms with Gasteiger partial charge in [-0.1, -0.05) is 0 Å². The van der Waals surface area contributed by atoms with Crippen molar-refractivity contribution < 1.29 is 14.3 Å². The topological polar surface area (TPSA) is 76.8 Å². The van der Waals surface area contributed by atoms with Gasteiger partial charge in [-0.2, -0.15) is 0 Å². The highest BCUT2D eigenvalue weighted by Crippen LogP contribution is 2.17. The Morgan fingerprint density at radius 1 is 1.36 bits per heavy atom. The Labute approximate surface area is 146 Å². The zero-order valence-electron chi connectivity index (χ0n) is 13.6. The number of ether oxygens (including phenoxy) is 2. The first-order valence-corrected chi connectivity index (χ1v) is 7.43.